The molecule has 1 aromatic carbocycles. The molecule has 0 saturated heterocycles. The Balaban J connectivity index is 2.47. The molecule has 0 radical (unpaired) electrons. The second kappa shape index (κ2) is 5.54. The van der Waals surface area contributed by atoms with E-state index in [4.69, 9.17) is 22.3 Å². The van der Waals surface area contributed by atoms with Crippen molar-refractivity contribution in [2.75, 3.05) is 6.54 Å². The predicted molar refractivity (Wildman–Crippen MR) is 79.0 cm³/mol. The second-order valence-corrected chi connectivity index (χ2v) is 7.78. The monoisotopic (exact) mass is 335 g/mol. The van der Waals surface area contributed by atoms with E-state index in [-0.39, 0.29) is 21.9 Å². The maximum absolute atomic E-state index is 12.4. The third kappa shape index (κ3) is 3.10. The topological polar surface area (TPSA) is 54.5 Å². The first-order chi connectivity index (χ1) is 9.25. The van der Waals surface area contributed by atoms with Gasteiger partial charge in [0.05, 0.1) is 5.02 Å². The van der Waals surface area contributed by atoms with Crippen LogP contribution in [-0.4, -0.2) is 31.8 Å². The number of amides is 1. The van der Waals surface area contributed by atoms with Crippen molar-refractivity contribution in [3.63, 3.8) is 0 Å². The van der Waals surface area contributed by atoms with Crippen molar-refractivity contribution in [2.24, 2.45) is 0 Å². The summed E-state index contributed by atoms with van der Waals surface area (Å²) >= 11 is 5.95. The van der Waals surface area contributed by atoms with Crippen LogP contribution in [0.1, 0.15) is 35.7 Å². The zero-order chi connectivity index (χ0) is 15.1. The van der Waals surface area contributed by atoms with Crippen molar-refractivity contribution in [2.45, 2.75) is 37.6 Å². The summed E-state index contributed by atoms with van der Waals surface area (Å²) in [5, 5.41) is 0.0611. The van der Waals surface area contributed by atoms with E-state index in [2.05, 4.69) is 0 Å². The Morgan fingerprint density at radius 2 is 2.00 bits per heavy atom. The van der Waals surface area contributed by atoms with Gasteiger partial charge in [0, 0.05) is 28.8 Å². The van der Waals surface area contributed by atoms with Crippen molar-refractivity contribution in [1.82, 2.24) is 4.90 Å². The summed E-state index contributed by atoms with van der Waals surface area (Å²) in [5.74, 6) is -0.184. The Kier molecular flexibility index (Phi) is 4.33. The van der Waals surface area contributed by atoms with E-state index < -0.39 is 9.05 Å². The lowest BCUT2D eigenvalue weighted by Gasteiger charge is -2.21. The molecule has 0 aromatic heterocycles. The fourth-order valence-corrected chi connectivity index (χ4v) is 3.70. The number of carbonyl (C=O) groups excluding carboxylic acids is 1. The van der Waals surface area contributed by atoms with Gasteiger partial charge in [0.2, 0.25) is 0 Å². The van der Waals surface area contributed by atoms with Crippen LogP contribution < -0.4 is 0 Å². The number of halogens is 2. The second-order valence-electron chi connectivity index (χ2n) is 4.87. The van der Waals surface area contributed by atoms with Gasteiger partial charge >= 0.3 is 0 Å². The van der Waals surface area contributed by atoms with Crippen molar-refractivity contribution in [3.05, 3.63) is 28.3 Å². The number of hydrogen-bond acceptors (Lipinski definition) is 3. The number of carbonyl (C=O) groups is 1. The molecule has 0 aliphatic heterocycles. The fraction of sp³-hybridized carbons (Fsp3) is 0.462. The highest BCUT2D eigenvalue weighted by Gasteiger charge is 2.32. The van der Waals surface area contributed by atoms with E-state index in [1.54, 1.807) is 17.9 Å². The number of rotatable bonds is 4. The summed E-state index contributed by atoms with van der Waals surface area (Å²) in [5.41, 5.74) is 0.823. The molecule has 0 unspecified atom stereocenters. The molecule has 20 heavy (non-hydrogen) atoms. The lowest BCUT2D eigenvalue weighted by molar-refractivity contribution is 0.0752. The van der Waals surface area contributed by atoms with Gasteiger partial charge in [0.1, 0.15) is 4.90 Å². The standard InChI is InChI=1S/C13H15Cl2NO3S/c1-3-16(10-4-5-10)13(17)9-6-8(2)12(14)11(7-9)20(15,18)19/h6-7,10H,3-5H2,1-2H3. The van der Waals surface area contributed by atoms with E-state index >= 15 is 0 Å². The van der Waals surface area contributed by atoms with E-state index in [0.29, 0.717) is 17.7 Å². The summed E-state index contributed by atoms with van der Waals surface area (Å²) < 4.78 is 23.0. The molecule has 0 N–H and O–H groups in total. The summed E-state index contributed by atoms with van der Waals surface area (Å²) in [6.07, 6.45) is 1.99. The van der Waals surface area contributed by atoms with E-state index in [1.807, 2.05) is 6.92 Å². The van der Waals surface area contributed by atoms with Crippen LogP contribution in [0.4, 0.5) is 0 Å². The first-order valence-electron chi connectivity index (χ1n) is 6.31. The van der Waals surface area contributed by atoms with Gasteiger partial charge in [-0.3, -0.25) is 4.79 Å². The summed E-state index contributed by atoms with van der Waals surface area (Å²) in [6.45, 7) is 4.14. The number of aryl methyl sites for hydroxylation is 1. The minimum absolute atomic E-state index is 0.0611. The zero-order valence-corrected chi connectivity index (χ0v) is 13.5. The smallest absolute Gasteiger partial charge is 0.262 e. The van der Waals surface area contributed by atoms with Gasteiger partial charge in [-0.1, -0.05) is 11.6 Å². The molecular formula is C13H15Cl2NO3S. The van der Waals surface area contributed by atoms with Crippen LogP contribution in [0, 0.1) is 6.92 Å². The highest BCUT2D eigenvalue weighted by molar-refractivity contribution is 8.13. The number of nitrogens with zero attached hydrogens (tertiary/aromatic N) is 1. The van der Waals surface area contributed by atoms with E-state index in [9.17, 15) is 13.2 Å². The molecule has 4 nitrogen and oxygen atoms in total. The van der Waals surface area contributed by atoms with Crippen LogP contribution in [-0.2, 0) is 9.05 Å². The summed E-state index contributed by atoms with van der Waals surface area (Å²) in [4.78, 5) is 14.0. The number of hydrogen-bond donors (Lipinski definition) is 0. The van der Waals surface area contributed by atoms with Gasteiger partial charge in [-0.25, -0.2) is 8.42 Å². The Hall–Kier alpha value is -0.780. The first-order valence-corrected chi connectivity index (χ1v) is 9.00. The molecule has 7 heteroatoms. The lowest BCUT2D eigenvalue weighted by atomic mass is 10.1. The molecule has 0 heterocycles. The number of benzene rings is 1. The van der Waals surface area contributed by atoms with Crippen molar-refractivity contribution in [3.8, 4) is 0 Å². The molecule has 1 fully saturated rings. The van der Waals surface area contributed by atoms with Crippen LogP contribution in [0.2, 0.25) is 5.02 Å². The Morgan fingerprint density at radius 3 is 2.45 bits per heavy atom. The van der Waals surface area contributed by atoms with Gasteiger partial charge in [0.25, 0.3) is 15.0 Å². The SMILES string of the molecule is CCN(C(=O)c1cc(C)c(Cl)c(S(=O)(=O)Cl)c1)C1CC1. The van der Waals surface area contributed by atoms with Crippen molar-refractivity contribution < 1.29 is 13.2 Å². The normalized spacial score (nSPS) is 15.2. The van der Waals surface area contributed by atoms with Crippen LogP contribution in [0.15, 0.2) is 17.0 Å². The fourth-order valence-electron chi connectivity index (χ4n) is 2.16. The maximum atomic E-state index is 12.4. The van der Waals surface area contributed by atoms with E-state index in [1.165, 1.54) is 6.07 Å². The molecule has 2 rings (SSSR count). The molecular weight excluding hydrogens is 321 g/mol. The molecule has 0 atom stereocenters. The maximum Gasteiger partial charge on any atom is 0.262 e. The third-order valence-corrected chi connectivity index (χ3v) is 5.28. The quantitative estimate of drug-likeness (QED) is 0.794. The molecule has 1 aliphatic carbocycles. The molecule has 0 bridgehead atoms. The first kappa shape index (κ1) is 15.6. The largest absolute Gasteiger partial charge is 0.336 e. The summed E-state index contributed by atoms with van der Waals surface area (Å²) in [7, 11) is 1.38. The lowest BCUT2D eigenvalue weighted by Crippen LogP contribution is -2.33. The predicted octanol–water partition coefficient (Wildman–Crippen LogP) is 3.20. The minimum atomic E-state index is -3.98. The Bertz CT molecular complexity index is 654. The van der Waals surface area contributed by atoms with Gasteiger partial charge in [-0.2, -0.15) is 0 Å². The Labute approximate surface area is 128 Å². The van der Waals surface area contributed by atoms with Crippen LogP contribution in [0.5, 0.6) is 0 Å². The molecule has 1 aromatic rings. The Morgan fingerprint density at radius 1 is 1.40 bits per heavy atom. The summed E-state index contributed by atoms with van der Waals surface area (Å²) in [6, 6.07) is 3.12. The van der Waals surface area contributed by atoms with Gasteiger partial charge in [0.15, 0.2) is 0 Å². The molecule has 1 aliphatic rings. The van der Waals surface area contributed by atoms with Crippen LogP contribution in [0.25, 0.3) is 0 Å². The van der Waals surface area contributed by atoms with Gasteiger partial charge in [-0.15, -0.1) is 0 Å². The highest BCUT2D eigenvalue weighted by atomic mass is 35.7. The molecule has 0 spiro atoms. The minimum Gasteiger partial charge on any atom is -0.336 e. The van der Waals surface area contributed by atoms with Crippen LogP contribution >= 0.6 is 22.3 Å². The van der Waals surface area contributed by atoms with Crippen molar-refractivity contribution in [1.29, 1.82) is 0 Å². The van der Waals surface area contributed by atoms with Gasteiger partial charge < -0.3 is 4.90 Å². The molecule has 110 valence electrons. The van der Waals surface area contributed by atoms with Crippen LogP contribution in [0.3, 0.4) is 0 Å². The third-order valence-electron chi connectivity index (χ3n) is 3.32. The van der Waals surface area contributed by atoms with Crippen molar-refractivity contribution >= 4 is 37.2 Å². The molecule has 1 amide bonds. The average molecular weight is 336 g/mol. The van der Waals surface area contributed by atoms with Gasteiger partial charge in [-0.05, 0) is 44.4 Å². The average Bonchev–Trinajstić information content (AvgIpc) is 3.16. The molecule has 1 saturated carbocycles. The zero-order valence-electron chi connectivity index (χ0n) is 11.2. The highest BCUT2D eigenvalue weighted by Crippen LogP contribution is 2.32. The van der Waals surface area contributed by atoms with E-state index in [0.717, 1.165) is 12.8 Å².